The molecule has 0 saturated carbocycles. The van der Waals surface area contributed by atoms with E-state index in [1.807, 2.05) is 6.08 Å². The molecule has 0 amide bonds. The Morgan fingerprint density at radius 1 is 1.21 bits per heavy atom. The molecule has 0 aliphatic heterocycles. The lowest BCUT2D eigenvalue weighted by atomic mass is 10.2. The summed E-state index contributed by atoms with van der Waals surface area (Å²) < 4.78 is 0. The van der Waals surface area contributed by atoms with E-state index in [0.717, 1.165) is 25.9 Å². The van der Waals surface area contributed by atoms with Crippen LogP contribution in [0.3, 0.4) is 0 Å². The molecule has 0 atom stereocenters. The van der Waals surface area contributed by atoms with Gasteiger partial charge < -0.3 is 10.4 Å². The number of allylic oxidation sites excluding steroid dienone is 1. The molecule has 3 nitrogen and oxygen atoms in total. The third kappa shape index (κ3) is 11.2. The van der Waals surface area contributed by atoms with Gasteiger partial charge in [0.15, 0.2) is 0 Å². The van der Waals surface area contributed by atoms with Crippen LogP contribution in [0.25, 0.3) is 0 Å². The number of rotatable bonds is 10. The Bertz CT molecular complexity index is 157. The number of nitrogens with one attached hydrogen (secondary N) is 1. The maximum Gasteiger partial charge on any atom is 0.303 e. The molecule has 0 unspecified atom stereocenters. The minimum atomic E-state index is -0.710. The van der Waals surface area contributed by atoms with Crippen LogP contribution in [0.4, 0.5) is 0 Å². The molecule has 0 aliphatic carbocycles. The molecule has 14 heavy (non-hydrogen) atoms. The van der Waals surface area contributed by atoms with Crippen molar-refractivity contribution in [2.45, 2.75) is 38.5 Å². The summed E-state index contributed by atoms with van der Waals surface area (Å²) in [5.74, 6) is -0.710. The smallest absolute Gasteiger partial charge is 0.303 e. The highest BCUT2D eigenvalue weighted by atomic mass is 16.4. The van der Waals surface area contributed by atoms with Gasteiger partial charge in [-0.3, -0.25) is 4.79 Å². The van der Waals surface area contributed by atoms with Crippen LogP contribution in [0.15, 0.2) is 12.7 Å². The van der Waals surface area contributed by atoms with Gasteiger partial charge in [-0.15, -0.1) is 6.58 Å². The zero-order valence-electron chi connectivity index (χ0n) is 8.80. The Labute approximate surface area is 86.2 Å². The van der Waals surface area contributed by atoms with E-state index in [9.17, 15) is 4.79 Å². The van der Waals surface area contributed by atoms with Gasteiger partial charge in [0.1, 0.15) is 0 Å². The van der Waals surface area contributed by atoms with Crippen molar-refractivity contribution in [2.24, 2.45) is 0 Å². The predicted molar refractivity (Wildman–Crippen MR) is 58.4 cm³/mol. The first-order valence-corrected chi connectivity index (χ1v) is 5.30. The van der Waals surface area contributed by atoms with Crippen LogP contribution in [0.5, 0.6) is 0 Å². The van der Waals surface area contributed by atoms with Crippen LogP contribution in [-0.2, 0) is 4.79 Å². The van der Waals surface area contributed by atoms with Crippen molar-refractivity contribution in [3.63, 3.8) is 0 Å². The van der Waals surface area contributed by atoms with Crippen molar-refractivity contribution in [3.8, 4) is 0 Å². The zero-order valence-corrected chi connectivity index (χ0v) is 8.80. The quantitative estimate of drug-likeness (QED) is 0.419. The van der Waals surface area contributed by atoms with E-state index in [4.69, 9.17) is 5.11 Å². The number of hydrogen-bond acceptors (Lipinski definition) is 2. The molecular weight excluding hydrogens is 178 g/mol. The monoisotopic (exact) mass is 199 g/mol. The third-order valence-electron chi connectivity index (χ3n) is 2.01. The Morgan fingerprint density at radius 2 is 1.93 bits per heavy atom. The number of unbranched alkanes of at least 4 members (excludes halogenated alkanes) is 3. The van der Waals surface area contributed by atoms with Gasteiger partial charge in [-0.1, -0.05) is 12.5 Å². The highest BCUT2D eigenvalue weighted by molar-refractivity contribution is 5.66. The standard InChI is InChI=1S/C11H21NO2/c1-2-3-4-5-6-9-12-10-7-8-11(13)14/h2,12H,1,3-10H2,(H,13,14). The van der Waals surface area contributed by atoms with Crippen LogP contribution in [0, 0.1) is 0 Å². The van der Waals surface area contributed by atoms with E-state index in [0.29, 0.717) is 0 Å². The van der Waals surface area contributed by atoms with Gasteiger partial charge in [0.2, 0.25) is 0 Å². The van der Waals surface area contributed by atoms with E-state index < -0.39 is 5.97 Å². The lowest BCUT2D eigenvalue weighted by Crippen LogP contribution is -2.17. The number of aliphatic carboxylic acids is 1. The molecule has 0 heterocycles. The minimum absolute atomic E-state index is 0.267. The molecule has 0 aromatic carbocycles. The summed E-state index contributed by atoms with van der Waals surface area (Å²) in [6.07, 6.45) is 7.63. The topological polar surface area (TPSA) is 49.3 Å². The summed E-state index contributed by atoms with van der Waals surface area (Å²) in [6, 6.07) is 0. The molecule has 0 aliphatic rings. The van der Waals surface area contributed by atoms with E-state index in [1.165, 1.54) is 19.3 Å². The zero-order chi connectivity index (χ0) is 10.6. The van der Waals surface area contributed by atoms with Gasteiger partial charge in [0.25, 0.3) is 0 Å². The fraction of sp³-hybridized carbons (Fsp3) is 0.727. The molecule has 82 valence electrons. The average molecular weight is 199 g/mol. The van der Waals surface area contributed by atoms with E-state index in [1.54, 1.807) is 0 Å². The van der Waals surface area contributed by atoms with Crippen molar-refractivity contribution in [1.29, 1.82) is 0 Å². The normalized spacial score (nSPS) is 10.0. The second-order valence-electron chi connectivity index (χ2n) is 3.39. The number of carboxylic acids is 1. The second kappa shape index (κ2) is 10.3. The Hall–Kier alpha value is -0.830. The first-order valence-electron chi connectivity index (χ1n) is 5.30. The summed E-state index contributed by atoms with van der Waals surface area (Å²) in [5.41, 5.74) is 0. The molecule has 0 aromatic heterocycles. The predicted octanol–water partition coefficient (Wildman–Crippen LogP) is 2.19. The van der Waals surface area contributed by atoms with Crippen molar-refractivity contribution in [2.75, 3.05) is 13.1 Å². The lowest BCUT2D eigenvalue weighted by molar-refractivity contribution is -0.137. The van der Waals surface area contributed by atoms with Crippen LogP contribution < -0.4 is 5.32 Å². The van der Waals surface area contributed by atoms with Gasteiger partial charge in [-0.05, 0) is 38.8 Å². The molecule has 0 radical (unpaired) electrons. The molecule has 0 aromatic rings. The molecule has 0 spiro atoms. The van der Waals surface area contributed by atoms with Crippen LogP contribution in [0.2, 0.25) is 0 Å². The van der Waals surface area contributed by atoms with Crippen LogP contribution in [0.1, 0.15) is 38.5 Å². The fourth-order valence-electron chi connectivity index (χ4n) is 1.21. The molecule has 0 bridgehead atoms. The average Bonchev–Trinajstić information content (AvgIpc) is 2.15. The first kappa shape index (κ1) is 13.2. The number of carboxylic acid groups (broad SMARTS) is 1. The summed E-state index contributed by atoms with van der Waals surface area (Å²) in [4.78, 5) is 10.2. The molecule has 3 heteroatoms. The summed E-state index contributed by atoms with van der Waals surface area (Å²) in [7, 11) is 0. The lowest BCUT2D eigenvalue weighted by Gasteiger charge is -2.02. The maximum absolute atomic E-state index is 10.2. The Balaban J connectivity index is 2.92. The molecule has 0 rings (SSSR count). The summed E-state index contributed by atoms with van der Waals surface area (Å²) in [5, 5.41) is 11.6. The summed E-state index contributed by atoms with van der Waals surface area (Å²) >= 11 is 0. The van der Waals surface area contributed by atoms with Crippen molar-refractivity contribution in [3.05, 3.63) is 12.7 Å². The fourth-order valence-corrected chi connectivity index (χ4v) is 1.21. The van der Waals surface area contributed by atoms with Gasteiger partial charge in [0.05, 0.1) is 0 Å². The van der Waals surface area contributed by atoms with Crippen LogP contribution >= 0.6 is 0 Å². The highest BCUT2D eigenvalue weighted by Gasteiger charge is 1.95. The largest absolute Gasteiger partial charge is 0.481 e. The van der Waals surface area contributed by atoms with Crippen molar-refractivity contribution in [1.82, 2.24) is 5.32 Å². The van der Waals surface area contributed by atoms with Crippen molar-refractivity contribution < 1.29 is 9.90 Å². The minimum Gasteiger partial charge on any atom is -0.481 e. The van der Waals surface area contributed by atoms with Gasteiger partial charge in [0, 0.05) is 6.42 Å². The molecular formula is C11H21NO2. The van der Waals surface area contributed by atoms with E-state index >= 15 is 0 Å². The van der Waals surface area contributed by atoms with Crippen molar-refractivity contribution >= 4 is 5.97 Å². The Kier molecular flexibility index (Phi) is 9.64. The number of carbonyl (C=O) groups is 1. The molecule has 0 saturated heterocycles. The maximum atomic E-state index is 10.2. The number of hydrogen-bond donors (Lipinski definition) is 2. The first-order chi connectivity index (χ1) is 6.77. The van der Waals surface area contributed by atoms with Gasteiger partial charge in [-0.2, -0.15) is 0 Å². The van der Waals surface area contributed by atoms with Crippen LogP contribution in [-0.4, -0.2) is 24.2 Å². The summed E-state index contributed by atoms with van der Waals surface area (Å²) in [6.45, 7) is 5.47. The SMILES string of the molecule is C=CCCCCCNCCCC(=O)O. The molecule has 0 fully saturated rings. The highest BCUT2D eigenvalue weighted by Crippen LogP contribution is 1.98. The Morgan fingerprint density at radius 3 is 2.57 bits per heavy atom. The van der Waals surface area contributed by atoms with Gasteiger partial charge in [-0.25, -0.2) is 0 Å². The third-order valence-corrected chi connectivity index (χ3v) is 2.01. The van der Waals surface area contributed by atoms with E-state index in [2.05, 4.69) is 11.9 Å². The van der Waals surface area contributed by atoms with E-state index in [-0.39, 0.29) is 6.42 Å². The second-order valence-corrected chi connectivity index (χ2v) is 3.39. The molecule has 2 N–H and O–H groups in total. The van der Waals surface area contributed by atoms with Gasteiger partial charge >= 0.3 is 5.97 Å².